The molecule has 0 saturated carbocycles. The van der Waals surface area contributed by atoms with E-state index < -0.39 is 0 Å². The van der Waals surface area contributed by atoms with E-state index in [4.69, 9.17) is 11.6 Å². The van der Waals surface area contributed by atoms with Crippen molar-refractivity contribution in [3.8, 4) is 0 Å². The average Bonchev–Trinajstić information content (AvgIpc) is 2.74. The van der Waals surface area contributed by atoms with Gasteiger partial charge in [0.2, 0.25) is 11.9 Å². The molecule has 0 unspecified atom stereocenters. The maximum Gasteiger partial charge on any atom is 0.229 e. The molecule has 1 aliphatic rings. The van der Waals surface area contributed by atoms with E-state index in [1.807, 2.05) is 43.6 Å². The summed E-state index contributed by atoms with van der Waals surface area (Å²) < 4.78 is 1.81. The number of fused-ring (bicyclic) bond motifs is 1. The van der Waals surface area contributed by atoms with Crippen LogP contribution in [0.5, 0.6) is 0 Å². The van der Waals surface area contributed by atoms with Crippen LogP contribution in [0.4, 0.5) is 5.95 Å². The molecule has 1 aliphatic carbocycles. The number of anilines is 1. The van der Waals surface area contributed by atoms with Gasteiger partial charge < -0.3 is 0 Å². The van der Waals surface area contributed by atoms with Gasteiger partial charge in [-0.15, -0.1) is 0 Å². The first kappa shape index (κ1) is 14.8. The molecule has 0 bridgehead atoms. The first-order valence-corrected chi connectivity index (χ1v) is 7.60. The van der Waals surface area contributed by atoms with Crippen LogP contribution in [0, 0.1) is 11.8 Å². The highest BCUT2D eigenvalue weighted by Crippen LogP contribution is 2.28. The van der Waals surface area contributed by atoms with Crippen LogP contribution in [-0.4, -0.2) is 20.4 Å². The number of nitrogens with one attached hydrogen (secondary N) is 1. The van der Waals surface area contributed by atoms with E-state index in [9.17, 15) is 4.79 Å². The number of allylic oxidation sites excluding steroid dienone is 4. The third-order valence-electron chi connectivity index (χ3n) is 3.91. The van der Waals surface area contributed by atoms with Crippen molar-refractivity contribution in [3.63, 3.8) is 0 Å². The minimum absolute atomic E-state index is 0.0541. The third-order valence-corrected chi connectivity index (χ3v) is 4.12. The lowest BCUT2D eigenvalue weighted by atomic mass is 9.97. The molecular weight excluding hydrogens is 300 g/mol. The SMILES string of the molecule is CC(C)[C@H](C)C(=O)Nc1nc2ccc(Cl)nc2n1C1=CC=C1. The quantitative estimate of drug-likeness (QED) is 0.874. The van der Waals surface area contributed by atoms with Gasteiger partial charge in [-0.2, -0.15) is 0 Å². The van der Waals surface area contributed by atoms with Crippen LogP contribution in [0.1, 0.15) is 20.8 Å². The zero-order valence-electron chi connectivity index (χ0n) is 12.7. The summed E-state index contributed by atoms with van der Waals surface area (Å²) in [4.78, 5) is 21.1. The molecule has 0 aliphatic heterocycles. The molecule has 1 atom stereocenters. The summed E-state index contributed by atoms with van der Waals surface area (Å²) in [7, 11) is 0. The van der Waals surface area contributed by atoms with Gasteiger partial charge >= 0.3 is 0 Å². The number of nitrogens with zero attached hydrogens (tertiary/aromatic N) is 3. The van der Waals surface area contributed by atoms with Crippen molar-refractivity contribution in [1.29, 1.82) is 0 Å². The standard InChI is InChI=1S/C16H17ClN4O/c1-9(2)10(3)15(22)20-16-18-12-7-8-13(17)19-14(12)21(16)11-5-4-6-11/h4-10H,1-3H3,(H,18,20,22)/t10-/m0/s1. The number of amides is 1. The number of carbonyl (C=O) groups is 1. The molecule has 3 rings (SSSR count). The monoisotopic (exact) mass is 316 g/mol. The van der Waals surface area contributed by atoms with E-state index in [1.165, 1.54) is 0 Å². The third kappa shape index (κ3) is 2.52. The maximum atomic E-state index is 12.3. The first-order valence-electron chi connectivity index (χ1n) is 7.22. The van der Waals surface area contributed by atoms with E-state index in [2.05, 4.69) is 15.3 Å². The Bertz CT molecular complexity index is 804. The van der Waals surface area contributed by atoms with Crippen LogP contribution in [0.3, 0.4) is 0 Å². The summed E-state index contributed by atoms with van der Waals surface area (Å²) in [5.41, 5.74) is 2.25. The highest BCUT2D eigenvalue weighted by molar-refractivity contribution is 6.29. The molecule has 2 aromatic heterocycles. The van der Waals surface area contributed by atoms with Gasteiger partial charge in [-0.1, -0.05) is 38.4 Å². The molecule has 0 fully saturated rings. The van der Waals surface area contributed by atoms with E-state index in [-0.39, 0.29) is 17.7 Å². The number of pyridine rings is 1. The Labute approximate surface area is 133 Å². The Morgan fingerprint density at radius 2 is 2.00 bits per heavy atom. The van der Waals surface area contributed by atoms with Crippen LogP contribution in [-0.2, 0) is 4.79 Å². The minimum atomic E-state index is -0.101. The van der Waals surface area contributed by atoms with E-state index >= 15 is 0 Å². The normalized spacial score (nSPS) is 14.9. The molecule has 1 amide bonds. The topological polar surface area (TPSA) is 59.8 Å². The van der Waals surface area contributed by atoms with Crippen molar-refractivity contribution in [2.24, 2.45) is 11.8 Å². The van der Waals surface area contributed by atoms with Crippen molar-refractivity contribution in [3.05, 3.63) is 35.5 Å². The summed E-state index contributed by atoms with van der Waals surface area (Å²) >= 11 is 5.99. The summed E-state index contributed by atoms with van der Waals surface area (Å²) in [6.45, 7) is 5.95. The fourth-order valence-corrected chi connectivity index (χ4v) is 2.26. The van der Waals surface area contributed by atoms with Gasteiger partial charge in [0, 0.05) is 5.92 Å². The molecule has 0 spiro atoms. The molecule has 6 heteroatoms. The van der Waals surface area contributed by atoms with E-state index in [1.54, 1.807) is 12.1 Å². The number of carbonyl (C=O) groups excluding carboxylic acids is 1. The zero-order chi connectivity index (χ0) is 15.9. The molecule has 2 aromatic rings. The lowest BCUT2D eigenvalue weighted by Crippen LogP contribution is -2.26. The van der Waals surface area contributed by atoms with Crippen molar-refractivity contribution >= 4 is 40.3 Å². The second-order valence-corrected chi connectivity index (χ2v) is 6.11. The smallest absolute Gasteiger partial charge is 0.229 e. The second kappa shape index (κ2) is 5.57. The second-order valence-electron chi connectivity index (χ2n) is 5.72. The lowest BCUT2D eigenvalue weighted by Gasteiger charge is -2.17. The lowest BCUT2D eigenvalue weighted by molar-refractivity contribution is -0.120. The van der Waals surface area contributed by atoms with Gasteiger partial charge in [-0.3, -0.25) is 14.7 Å². The number of imidazole rings is 1. The van der Waals surface area contributed by atoms with Crippen LogP contribution in [0.15, 0.2) is 30.4 Å². The van der Waals surface area contributed by atoms with Gasteiger partial charge in [0.05, 0.1) is 5.70 Å². The van der Waals surface area contributed by atoms with Crippen molar-refractivity contribution in [2.75, 3.05) is 5.32 Å². The summed E-state index contributed by atoms with van der Waals surface area (Å²) in [6, 6.07) is 3.49. The predicted molar refractivity (Wildman–Crippen MR) is 88.6 cm³/mol. The number of hydrogen-bond donors (Lipinski definition) is 1. The number of aromatic nitrogens is 3. The zero-order valence-corrected chi connectivity index (χ0v) is 13.4. The molecule has 22 heavy (non-hydrogen) atoms. The summed E-state index contributed by atoms with van der Waals surface area (Å²) in [5, 5.41) is 3.30. The Kier molecular flexibility index (Phi) is 3.74. The molecule has 5 nitrogen and oxygen atoms in total. The van der Waals surface area contributed by atoms with Crippen LogP contribution >= 0.6 is 11.6 Å². The molecule has 114 valence electrons. The number of halogens is 1. The number of rotatable bonds is 4. The maximum absolute atomic E-state index is 12.3. The fraction of sp³-hybridized carbons (Fsp3) is 0.312. The minimum Gasteiger partial charge on any atom is -0.295 e. The van der Waals surface area contributed by atoms with Gasteiger partial charge in [-0.25, -0.2) is 9.97 Å². The van der Waals surface area contributed by atoms with Gasteiger partial charge in [0.15, 0.2) is 5.65 Å². The van der Waals surface area contributed by atoms with Crippen molar-refractivity contribution in [1.82, 2.24) is 14.5 Å². The van der Waals surface area contributed by atoms with E-state index in [0.717, 1.165) is 5.70 Å². The Morgan fingerprint density at radius 3 is 2.59 bits per heavy atom. The summed E-state index contributed by atoms with van der Waals surface area (Å²) in [6.07, 6.45) is 5.80. The molecule has 2 heterocycles. The highest BCUT2D eigenvalue weighted by atomic mass is 35.5. The van der Waals surface area contributed by atoms with Gasteiger partial charge in [0.1, 0.15) is 10.7 Å². The molecule has 1 N–H and O–H groups in total. The Balaban J connectivity index is 2.03. The molecular formula is C16H17ClN4O. The van der Waals surface area contributed by atoms with Crippen LogP contribution in [0.2, 0.25) is 5.15 Å². The average molecular weight is 317 g/mol. The van der Waals surface area contributed by atoms with Crippen molar-refractivity contribution in [2.45, 2.75) is 20.8 Å². The van der Waals surface area contributed by atoms with Gasteiger partial charge in [-0.05, 0) is 30.2 Å². The molecule has 0 radical (unpaired) electrons. The largest absolute Gasteiger partial charge is 0.295 e. The molecule has 0 aromatic carbocycles. The fourth-order valence-electron chi connectivity index (χ4n) is 2.12. The highest BCUT2D eigenvalue weighted by Gasteiger charge is 2.22. The number of hydrogen-bond acceptors (Lipinski definition) is 3. The predicted octanol–water partition coefficient (Wildman–Crippen LogP) is 3.73. The van der Waals surface area contributed by atoms with Crippen molar-refractivity contribution < 1.29 is 4.79 Å². The van der Waals surface area contributed by atoms with E-state index in [0.29, 0.717) is 22.3 Å². The van der Waals surface area contributed by atoms with Crippen LogP contribution < -0.4 is 5.32 Å². The van der Waals surface area contributed by atoms with Crippen LogP contribution in [0.25, 0.3) is 16.9 Å². The molecule has 0 saturated heterocycles. The Hall–Kier alpha value is -2.14. The van der Waals surface area contributed by atoms with Gasteiger partial charge in [0.25, 0.3) is 0 Å². The first-order chi connectivity index (χ1) is 10.5. The Morgan fingerprint density at radius 1 is 1.27 bits per heavy atom. The summed E-state index contributed by atoms with van der Waals surface area (Å²) in [5.74, 6) is 0.573.